The summed E-state index contributed by atoms with van der Waals surface area (Å²) in [4.78, 5) is 0. The van der Waals surface area contributed by atoms with Gasteiger partial charge in [0.25, 0.3) is 0 Å². The quantitative estimate of drug-likeness (QED) is 0.721. The van der Waals surface area contributed by atoms with Crippen LogP contribution in [0.4, 0.5) is 0 Å². The van der Waals surface area contributed by atoms with Gasteiger partial charge >= 0.3 is 0 Å². The third-order valence-electron chi connectivity index (χ3n) is 3.27. The normalized spacial score (nSPS) is 13.9. The molecule has 1 aromatic rings. The van der Waals surface area contributed by atoms with Crippen molar-refractivity contribution in [3.05, 3.63) is 29.3 Å². The van der Waals surface area contributed by atoms with Crippen LogP contribution in [0.3, 0.4) is 0 Å². The van der Waals surface area contributed by atoms with Gasteiger partial charge in [-0.2, -0.15) is 0 Å². The Labute approximate surface area is 130 Å². The fourth-order valence-electron chi connectivity index (χ4n) is 2.15. The molecule has 21 heavy (non-hydrogen) atoms. The first kappa shape index (κ1) is 18.1. The molecule has 0 aliphatic heterocycles. The molecule has 0 heterocycles. The molecule has 1 rings (SSSR count). The molecule has 1 aromatic carbocycles. The molecule has 4 nitrogen and oxygen atoms in total. The molecular weight excluding hydrogens is 286 g/mol. The minimum atomic E-state index is -0.914. The van der Waals surface area contributed by atoms with Gasteiger partial charge in [-0.05, 0) is 26.0 Å². The predicted molar refractivity (Wildman–Crippen MR) is 88.5 cm³/mol. The van der Waals surface area contributed by atoms with Crippen molar-refractivity contribution in [1.29, 1.82) is 0 Å². The lowest BCUT2D eigenvalue weighted by Gasteiger charge is -2.21. The number of hydrogen-bond acceptors (Lipinski definition) is 4. The molecule has 0 amide bonds. The minimum Gasteiger partial charge on any atom is -0.496 e. The van der Waals surface area contributed by atoms with Gasteiger partial charge in [-0.25, -0.2) is 0 Å². The highest BCUT2D eigenvalue weighted by molar-refractivity contribution is 7.85. The monoisotopic (exact) mass is 313 g/mol. The highest BCUT2D eigenvalue weighted by Crippen LogP contribution is 2.27. The first-order chi connectivity index (χ1) is 10.1. The number of nitrogens with one attached hydrogen (secondary N) is 1. The van der Waals surface area contributed by atoms with E-state index in [1.165, 1.54) is 5.56 Å². The van der Waals surface area contributed by atoms with Gasteiger partial charge < -0.3 is 14.8 Å². The maximum Gasteiger partial charge on any atom is 0.123 e. The second kappa shape index (κ2) is 9.92. The summed E-state index contributed by atoms with van der Waals surface area (Å²) in [6.07, 6.45) is 1.04. The molecule has 120 valence electrons. The Bertz CT molecular complexity index is 451. The maximum atomic E-state index is 12.2. The molecule has 0 radical (unpaired) electrons. The van der Waals surface area contributed by atoms with Crippen molar-refractivity contribution in [2.75, 3.05) is 38.9 Å². The van der Waals surface area contributed by atoms with Gasteiger partial charge in [0.05, 0.1) is 13.7 Å². The Morgan fingerprint density at radius 2 is 2.10 bits per heavy atom. The summed E-state index contributed by atoms with van der Waals surface area (Å²) >= 11 is 0. The number of ether oxygens (including phenoxy) is 2. The van der Waals surface area contributed by atoms with Crippen molar-refractivity contribution in [1.82, 2.24) is 5.32 Å². The first-order valence-electron chi connectivity index (χ1n) is 7.34. The summed E-state index contributed by atoms with van der Waals surface area (Å²) in [5.74, 6) is 1.98. The molecule has 0 spiro atoms. The van der Waals surface area contributed by atoms with Crippen molar-refractivity contribution < 1.29 is 13.7 Å². The molecule has 0 aromatic heterocycles. The second-order valence-corrected chi connectivity index (χ2v) is 6.68. The zero-order valence-corrected chi connectivity index (χ0v) is 14.3. The SMILES string of the molecule is CCCNC(CS(=O)CCOC)c1cc(C)ccc1OC. The van der Waals surface area contributed by atoms with Gasteiger partial charge in [-0.1, -0.05) is 24.6 Å². The zero-order valence-electron chi connectivity index (χ0n) is 13.5. The smallest absolute Gasteiger partial charge is 0.123 e. The topological polar surface area (TPSA) is 47.6 Å². The zero-order chi connectivity index (χ0) is 15.7. The lowest BCUT2D eigenvalue weighted by molar-refractivity contribution is 0.218. The third-order valence-corrected chi connectivity index (χ3v) is 4.60. The average Bonchev–Trinajstić information content (AvgIpc) is 2.49. The molecular formula is C16H27NO3S. The van der Waals surface area contributed by atoms with Crippen molar-refractivity contribution in [2.45, 2.75) is 26.3 Å². The van der Waals surface area contributed by atoms with Crippen molar-refractivity contribution >= 4 is 10.8 Å². The van der Waals surface area contributed by atoms with Gasteiger partial charge in [0.15, 0.2) is 0 Å². The molecule has 0 saturated carbocycles. The van der Waals surface area contributed by atoms with E-state index in [0.717, 1.165) is 24.3 Å². The summed E-state index contributed by atoms with van der Waals surface area (Å²) in [7, 11) is 2.39. The van der Waals surface area contributed by atoms with E-state index in [1.54, 1.807) is 14.2 Å². The van der Waals surface area contributed by atoms with Crippen LogP contribution in [0.2, 0.25) is 0 Å². The van der Waals surface area contributed by atoms with Crippen LogP contribution in [0.1, 0.15) is 30.5 Å². The molecule has 0 aliphatic rings. The third kappa shape index (κ3) is 6.16. The number of rotatable bonds is 10. The van der Waals surface area contributed by atoms with E-state index in [1.807, 2.05) is 12.1 Å². The minimum absolute atomic E-state index is 0.0393. The predicted octanol–water partition coefficient (Wildman–Crippen LogP) is 2.44. The fraction of sp³-hybridized carbons (Fsp3) is 0.625. The Morgan fingerprint density at radius 1 is 1.33 bits per heavy atom. The summed E-state index contributed by atoms with van der Waals surface area (Å²) in [6, 6.07) is 6.15. The highest BCUT2D eigenvalue weighted by Gasteiger charge is 2.18. The number of benzene rings is 1. The first-order valence-corrected chi connectivity index (χ1v) is 8.83. The van der Waals surface area contributed by atoms with E-state index >= 15 is 0 Å². The van der Waals surface area contributed by atoms with Gasteiger partial charge in [-0.15, -0.1) is 0 Å². The Kier molecular flexibility index (Phi) is 8.57. The molecule has 0 aliphatic carbocycles. The summed E-state index contributed by atoms with van der Waals surface area (Å²) < 4.78 is 22.7. The Balaban J connectivity index is 2.90. The van der Waals surface area contributed by atoms with Gasteiger partial charge in [0, 0.05) is 41.0 Å². The van der Waals surface area contributed by atoms with E-state index in [9.17, 15) is 4.21 Å². The van der Waals surface area contributed by atoms with Crippen molar-refractivity contribution in [3.8, 4) is 5.75 Å². The highest BCUT2D eigenvalue weighted by atomic mass is 32.2. The van der Waals surface area contributed by atoms with Crippen LogP contribution in [0.5, 0.6) is 5.75 Å². The largest absolute Gasteiger partial charge is 0.496 e. The van der Waals surface area contributed by atoms with E-state index < -0.39 is 10.8 Å². The van der Waals surface area contributed by atoms with Crippen LogP contribution in [0.25, 0.3) is 0 Å². The molecule has 2 atom stereocenters. The second-order valence-electron chi connectivity index (χ2n) is 5.06. The Morgan fingerprint density at radius 3 is 2.71 bits per heavy atom. The molecule has 2 unspecified atom stereocenters. The van der Waals surface area contributed by atoms with Crippen LogP contribution < -0.4 is 10.1 Å². The van der Waals surface area contributed by atoms with Gasteiger partial charge in [-0.3, -0.25) is 4.21 Å². The van der Waals surface area contributed by atoms with Crippen LogP contribution in [0.15, 0.2) is 18.2 Å². The number of aryl methyl sites for hydroxylation is 1. The average molecular weight is 313 g/mol. The molecule has 0 bridgehead atoms. The lowest BCUT2D eigenvalue weighted by atomic mass is 10.0. The van der Waals surface area contributed by atoms with Crippen LogP contribution >= 0.6 is 0 Å². The summed E-state index contributed by atoms with van der Waals surface area (Å²) in [6.45, 7) is 5.60. The van der Waals surface area contributed by atoms with Crippen molar-refractivity contribution in [2.24, 2.45) is 0 Å². The van der Waals surface area contributed by atoms with Crippen LogP contribution in [-0.4, -0.2) is 43.1 Å². The van der Waals surface area contributed by atoms with Crippen LogP contribution in [0, 0.1) is 6.92 Å². The summed E-state index contributed by atoms with van der Waals surface area (Å²) in [5, 5.41) is 3.48. The molecule has 5 heteroatoms. The molecule has 1 N–H and O–H groups in total. The van der Waals surface area contributed by atoms with E-state index in [0.29, 0.717) is 18.1 Å². The Hall–Kier alpha value is -0.910. The summed E-state index contributed by atoms with van der Waals surface area (Å²) in [5.41, 5.74) is 2.26. The van der Waals surface area contributed by atoms with Gasteiger partial charge in [0.1, 0.15) is 5.75 Å². The van der Waals surface area contributed by atoms with E-state index in [-0.39, 0.29) is 6.04 Å². The fourth-order valence-corrected chi connectivity index (χ4v) is 3.34. The van der Waals surface area contributed by atoms with Gasteiger partial charge in [0.2, 0.25) is 0 Å². The van der Waals surface area contributed by atoms with Crippen LogP contribution in [-0.2, 0) is 15.5 Å². The maximum absolute atomic E-state index is 12.2. The number of hydrogen-bond donors (Lipinski definition) is 1. The van der Waals surface area contributed by atoms with E-state index in [4.69, 9.17) is 9.47 Å². The van der Waals surface area contributed by atoms with E-state index in [2.05, 4.69) is 25.2 Å². The molecule has 0 fully saturated rings. The lowest BCUT2D eigenvalue weighted by Crippen LogP contribution is -2.28. The number of methoxy groups -OCH3 is 2. The van der Waals surface area contributed by atoms with Crippen molar-refractivity contribution in [3.63, 3.8) is 0 Å². The molecule has 0 saturated heterocycles. The standard InChI is InChI=1S/C16H27NO3S/c1-5-8-17-15(12-21(18)10-9-19-3)14-11-13(2)6-7-16(14)20-4/h6-7,11,15,17H,5,8-10,12H2,1-4H3.